The number of Topliss-reactive ketones (excluding diaryl/α,β-unsaturated/α-hetero) is 1. The summed E-state index contributed by atoms with van der Waals surface area (Å²) in [6.07, 6.45) is 0. The smallest absolute Gasteiger partial charge is 0.333 e. The highest BCUT2D eigenvalue weighted by Gasteiger charge is 2.27. The number of para-hydroxylation sites is 1. The summed E-state index contributed by atoms with van der Waals surface area (Å²) in [4.78, 5) is 23.5. The molecule has 2 N–H and O–H groups in total. The minimum atomic E-state index is -1.45. The molecule has 2 aromatic rings. The predicted molar refractivity (Wildman–Crippen MR) is 78.0 cm³/mol. The van der Waals surface area contributed by atoms with Crippen molar-refractivity contribution < 1.29 is 24.3 Å². The topological polar surface area (TPSA) is 84.9 Å². The van der Waals surface area contributed by atoms with Crippen LogP contribution in [0.3, 0.4) is 0 Å². The van der Waals surface area contributed by atoms with Crippen molar-refractivity contribution in [3.8, 4) is 11.5 Å². The number of methoxy groups -OCH3 is 1. The summed E-state index contributed by atoms with van der Waals surface area (Å²) in [5.74, 6) is -0.238. The Morgan fingerprint density at radius 1 is 1.00 bits per heavy atom. The van der Waals surface area contributed by atoms with Crippen molar-refractivity contribution in [3.63, 3.8) is 0 Å². The van der Waals surface area contributed by atoms with E-state index in [1.165, 1.54) is 12.1 Å². The number of nitrogens with one attached hydrogen (secondary N) is 1. The molecule has 1 atom stereocenters. The van der Waals surface area contributed by atoms with E-state index >= 15 is 0 Å². The van der Waals surface area contributed by atoms with Crippen molar-refractivity contribution in [2.45, 2.75) is 6.04 Å². The average molecular weight is 301 g/mol. The van der Waals surface area contributed by atoms with Crippen LogP contribution in [0.25, 0.3) is 0 Å². The summed E-state index contributed by atoms with van der Waals surface area (Å²) >= 11 is 0. The maximum absolute atomic E-state index is 12.1. The molecular formula is C16H15NO5. The Morgan fingerprint density at radius 2 is 1.59 bits per heavy atom. The van der Waals surface area contributed by atoms with Gasteiger partial charge in [0.15, 0.2) is 11.8 Å². The second-order valence-corrected chi connectivity index (χ2v) is 4.39. The first kappa shape index (κ1) is 15.7. The standard InChI is InChI=1S/C16H15NO5/c1-21-16(19)14(17-20)15(18)11-7-9-13(10-8-11)22-12-5-3-2-4-6-12/h2-10,14,17,20H,1H3. The minimum Gasteiger partial charge on any atom is -0.467 e. The van der Waals surface area contributed by atoms with Crippen LogP contribution >= 0.6 is 0 Å². The highest BCUT2D eigenvalue weighted by Crippen LogP contribution is 2.21. The first-order valence-corrected chi connectivity index (χ1v) is 6.50. The van der Waals surface area contributed by atoms with E-state index in [1.807, 2.05) is 30.3 Å². The number of hydrogen-bond donors (Lipinski definition) is 2. The fourth-order valence-electron chi connectivity index (χ4n) is 1.81. The Bertz CT molecular complexity index is 639. The van der Waals surface area contributed by atoms with E-state index in [0.717, 1.165) is 7.11 Å². The normalized spacial score (nSPS) is 11.5. The van der Waals surface area contributed by atoms with Crippen LogP contribution in [-0.2, 0) is 9.53 Å². The van der Waals surface area contributed by atoms with Gasteiger partial charge in [-0.1, -0.05) is 18.2 Å². The summed E-state index contributed by atoms with van der Waals surface area (Å²) in [5.41, 5.74) is 1.90. The molecule has 0 aliphatic heterocycles. The van der Waals surface area contributed by atoms with Crippen LogP contribution in [0.5, 0.6) is 11.5 Å². The second kappa shape index (κ2) is 7.35. The molecule has 0 aliphatic carbocycles. The van der Waals surface area contributed by atoms with Gasteiger partial charge in [0.05, 0.1) is 7.11 Å². The molecule has 6 heteroatoms. The summed E-state index contributed by atoms with van der Waals surface area (Å²) in [7, 11) is 1.14. The SMILES string of the molecule is COC(=O)C(NO)C(=O)c1ccc(Oc2ccccc2)cc1. The number of rotatable bonds is 6. The number of esters is 1. The summed E-state index contributed by atoms with van der Waals surface area (Å²) in [5, 5.41) is 8.91. The zero-order chi connectivity index (χ0) is 15.9. The molecule has 0 saturated carbocycles. The summed E-state index contributed by atoms with van der Waals surface area (Å²) < 4.78 is 10.0. The van der Waals surface area contributed by atoms with E-state index in [2.05, 4.69) is 4.74 Å². The third kappa shape index (κ3) is 3.69. The van der Waals surface area contributed by atoms with Crippen LogP contribution in [0.1, 0.15) is 10.4 Å². The molecule has 0 aromatic heterocycles. The Kier molecular flexibility index (Phi) is 5.24. The lowest BCUT2D eigenvalue weighted by Crippen LogP contribution is -2.42. The van der Waals surface area contributed by atoms with Crippen molar-refractivity contribution in [2.75, 3.05) is 7.11 Å². The zero-order valence-electron chi connectivity index (χ0n) is 11.9. The van der Waals surface area contributed by atoms with E-state index in [4.69, 9.17) is 9.94 Å². The van der Waals surface area contributed by atoms with Crippen molar-refractivity contribution in [1.82, 2.24) is 5.48 Å². The van der Waals surface area contributed by atoms with Crippen LogP contribution in [0, 0.1) is 0 Å². The minimum absolute atomic E-state index is 0.248. The fourth-order valence-corrected chi connectivity index (χ4v) is 1.81. The van der Waals surface area contributed by atoms with Crippen LogP contribution < -0.4 is 10.2 Å². The quantitative estimate of drug-likeness (QED) is 0.368. The first-order chi connectivity index (χ1) is 10.7. The van der Waals surface area contributed by atoms with Crippen LogP contribution in [-0.4, -0.2) is 30.1 Å². The maximum atomic E-state index is 12.1. The summed E-state index contributed by atoms with van der Waals surface area (Å²) in [6, 6.07) is 14.0. The lowest BCUT2D eigenvalue weighted by Gasteiger charge is -2.12. The second-order valence-electron chi connectivity index (χ2n) is 4.39. The molecule has 2 rings (SSSR count). The molecule has 114 valence electrons. The lowest BCUT2D eigenvalue weighted by atomic mass is 10.0. The third-order valence-corrected chi connectivity index (χ3v) is 2.95. The van der Waals surface area contributed by atoms with Crippen molar-refractivity contribution in [2.24, 2.45) is 0 Å². The van der Waals surface area contributed by atoms with Gasteiger partial charge in [-0.3, -0.25) is 4.79 Å². The van der Waals surface area contributed by atoms with Gasteiger partial charge in [-0.2, -0.15) is 5.48 Å². The number of ether oxygens (including phenoxy) is 2. The Morgan fingerprint density at radius 3 is 2.14 bits per heavy atom. The molecule has 22 heavy (non-hydrogen) atoms. The van der Waals surface area contributed by atoms with Gasteiger partial charge in [-0.05, 0) is 36.4 Å². The monoisotopic (exact) mass is 301 g/mol. The maximum Gasteiger partial charge on any atom is 0.333 e. The number of ketones is 1. The molecule has 0 bridgehead atoms. The van der Waals surface area contributed by atoms with Crippen molar-refractivity contribution in [1.29, 1.82) is 0 Å². The van der Waals surface area contributed by atoms with E-state index in [-0.39, 0.29) is 5.56 Å². The Hall–Kier alpha value is -2.70. The molecule has 0 saturated heterocycles. The molecular weight excluding hydrogens is 286 g/mol. The first-order valence-electron chi connectivity index (χ1n) is 6.50. The Balaban J connectivity index is 2.11. The average Bonchev–Trinajstić information content (AvgIpc) is 2.56. The molecule has 0 radical (unpaired) electrons. The van der Waals surface area contributed by atoms with Gasteiger partial charge in [-0.15, -0.1) is 0 Å². The molecule has 6 nitrogen and oxygen atoms in total. The van der Waals surface area contributed by atoms with Gasteiger partial charge in [0.2, 0.25) is 0 Å². The van der Waals surface area contributed by atoms with Crippen LogP contribution in [0.4, 0.5) is 0 Å². The van der Waals surface area contributed by atoms with Gasteiger partial charge in [-0.25, -0.2) is 4.79 Å². The van der Waals surface area contributed by atoms with E-state index in [9.17, 15) is 9.59 Å². The van der Waals surface area contributed by atoms with Crippen molar-refractivity contribution >= 4 is 11.8 Å². The van der Waals surface area contributed by atoms with Crippen LogP contribution in [0.15, 0.2) is 54.6 Å². The van der Waals surface area contributed by atoms with E-state index in [1.54, 1.807) is 17.6 Å². The molecule has 0 heterocycles. The number of benzene rings is 2. The van der Waals surface area contributed by atoms with Crippen LogP contribution in [0.2, 0.25) is 0 Å². The van der Waals surface area contributed by atoms with Gasteiger partial charge >= 0.3 is 5.97 Å². The number of carbonyl (C=O) groups is 2. The highest BCUT2D eigenvalue weighted by molar-refractivity contribution is 6.11. The van der Waals surface area contributed by atoms with E-state index in [0.29, 0.717) is 11.5 Å². The summed E-state index contributed by atoms with van der Waals surface area (Å²) in [6.45, 7) is 0. The largest absolute Gasteiger partial charge is 0.467 e. The molecule has 2 aromatic carbocycles. The third-order valence-electron chi connectivity index (χ3n) is 2.95. The number of carbonyl (C=O) groups excluding carboxylic acids is 2. The number of hydrogen-bond acceptors (Lipinski definition) is 6. The lowest BCUT2D eigenvalue weighted by molar-refractivity contribution is -0.144. The Labute approximate surface area is 127 Å². The zero-order valence-corrected chi connectivity index (χ0v) is 11.9. The van der Waals surface area contributed by atoms with Crippen molar-refractivity contribution in [3.05, 3.63) is 60.2 Å². The molecule has 0 aliphatic rings. The van der Waals surface area contributed by atoms with Gasteiger partial charge in [0.25, 0.3) is 0 Å². The van der Waals surface area contributed by atoms with Gasteiger partial charge < -0.3 is 14.7 Å². The molecule has 1 unspecified atom stereocenters. The predicted octanol–water partition coefficient (Wildman–Crippen LogP) is 2.18. The fraction of sp³-hybridized carbons (Fsp3) is 0.125. The van der Waals surface area contributed by atoms with Gasteiger partial charge in [0, 0.05) is 5.56 Å². The molecule has 0 amide bonds. The highest BCUT2D eigenvalue weighted by atomic mass is 16.5. The van der Waals surface area contributed by atoms with Gasteiger partial charge in [0.1, 0.15) is 11.5 Å². The number of hydroxylamine groups is 1. The molecule has 0 spiro atoms. The van der Waals surface area contributed by atoms with E-state index < -0.39 is 17.8 Å². The molecule has 0 fully saturated rings.